The van der Waals surface area contributed by atoms with E-state index >= 15 is 0 Å². The molecule has 0 saturated heterocycles. The van der Waals surface area contributed by atoms with Crippen molar-refractivity contribution in [2.24, 2.45) is 11.7 Å². The molecule has 0 aromatic rings. The van der Waals surface area contributed by atoms with Gasteiger partial charge in [0.15, 0.2) is 0 Å². The van der Waals surface area contributed by atoms with E-state index in [1.54, 1.807) is 11.9 Å². The van der Waals surface area contributed by atoms with Crippen LogP contribution < -0.4 is 5.73 Å². The lowest BCUT2D eigenvalue weighted by molar-refractivity contribution is -0.146. The van der Waals surface area contributed by atoms with Crippen LogP contribution in [0.5, 0.6) is 0 Å². The van der Waals surface area contributed by atoms with Crippen LogP contribution in [0.3, 0.4) is 0 Å². The van der Waals surface area contributed by atoms with Gasteiger partial charge in [0.25, 0.3) is 0 Å². The van der Waals surface area contributed by atoms with Crippen LogP contribution in [0.15, 0.2) is 0 Å². The Morgan fingerprint density at radius 3 is 2.25 bits per heavy atom. The minimum absolute atomic E-state index is 0.0175. The summed E-state index contributed by atoms with van der Waals surface area (Å²) in [5, 5.41) is 9.18. The number of hydrogen-bond acceptors (Lipinski definition) is 3. The molecule has 0 spiro atoms. The topological polar surface area (TPSA) is 83.6 Å². The molecule has 5 nitrogen and oxygen atoms in total. The van der Waals surface area contributed by atoms with Crippen molar-refractivity contribution in [3.63, 3.8) is 0 Å². The van der Waals surface area contributed by atoms with Gasteiger partial charge in [-0.25, -0.2) is 0 Å². The van der Waals surface area contributed by atoms with Crippen LogP contribution in [0.25, 0.3) is 0 Å². The summed E-state index contributed by atoms with van der Waals surface area (Å²) in [5.41, 5.74) is 5.43. The fourth-order valence-corrected chi connectivity index (χ4v) is 3.21. The number of amides is 1. The van der Waals surface area contributed by atoms with Crippen molar-refractivity contribution in [3.8, 4) is 0 Å². The zero-order valence-corrected chi connectivity index (χ0v) is 12.9. The second-order valence-electron chi connectivity index (χ2n) is 6.49. The molecule has 3 N–H and O–H groups in total. The number of carboxylic acid groups (broad SMARTS) is 1. The first kappa shape index (κ1) is 17.0. The van der Waals surface area contributed by atoms with Gasteiger partial charge < -0.3 is 15.7 Å². The lowest BCUT2D eigenvalue weighted by atomic mass is 9.77. The Bertz CT molecular complexity index is 349. The van der Waals surface area contributed by atoms with Crippen molar-refractivity contribution in [1.82, 2.24) is 4.90 Å². The molecule has 1 aliphatic carbocycles. The standard InChI is InChI=1S/C15H28N2O3/c1-11(2)9-12(16)14(20)17(3)15(10-13(18)19)7-5-4-6-8-15/h11-12H,4-10,16H2,1-3H3,(H,18,19). The first-order valence-corrected chi connectivity index (χ1v) is 7.53. The lowest BCUT2D eigenvalue weighted by Gasteiger charge is -2.44. The number of carbonyl (C=O) groups excluding carboxylic acids is 1. The van der Waals surface area contributed by atoms with Crippen LogP contribution >= 0.6 is 0 Å². The highest BCUT2D eigenvalue weighted by Crippen LogP contribution is 2.36. The molecule has 0 aromatic carbocycles. The van der Waals surface area contributed by atoms with Gasteiger partial charge in [0.1, 0.15) is 0 Å². The normalized spacial score (nSPS) is 19.6. The van der Waals surface area contributed by atoms with E-state index in [4.69, 9.17) is 5.73 Å². The second-order valence-corrected chi connectivity index (χ2v) is 6.49. The predicted octanol–water partition coefficient (Wildman–Crippen LogP) is 2.00. The summed E-state index contributed by atoms with van der Waals surface area (Å²) in [6.45, 7) is 4.06. The molecule has 0 heterocycles. The minimum atomic E-state index is -0.844. The van der Waals surface area contributed by atoms with E-state index in [1.165, 1.54) is 0 Å². The summed E-state index contributed by atoms with van der Waals surface area (Å²) >= 11 is 0. The largest absolute Gasteiger partial charge is 0.481 e. The van der Waals surface area contributed by atoms with Gasteiger partial charge in [0.2, 0.25) is 5.91 Å². The van der Waals surface area contributed by atoms with E-state index in [-0.39, 0.29) is 12.3 Å². The molecule has 1 fully saturated rings. The van der Waals surface area contributed by atoms with Crippen molar-refractivity contribution >= 4 is 11.9 Å². The summed E-state index contributed by atoms with van der Waals surface area (Å²) in [5.74, 6) is -0.616. The second kappa shape index (κ2) is 7.07. The van der Waals surface area contributed by atoms with Crippen LogP contribution in [0.4, 0.5) is 0 Å². The Labute approximate surface area is 121 Å². The summed E-state index contributed by atoms with van der Waals surface area (Å²) < 4.78 is 0. The molecule has 0 bridgehead atoms. The van der Waals surface area contributed by atoms with Gasteiger partial charge in [0, 0.05) is 7.05 Å². The van der Waals surface area contributed by atoms with E-state index in [2.05, 4.69) is 0 Å². The Balaban J connectivity index is 2.84. The predicted molar refractivity (Wildman–Crippen MR) is 78.3 cm³/mol. The third kappa shape index (κ3) is 4.20. The van der Waals surface area contributed by atoms with Gasteiger partial charge in [-0.2, -0.15) is 0 Å². The molecular formula is C15H28N2O3. The number of aliphatic carboxylic acids is 1. The number of likely N-dealkylation sites (N-methyl/N-ethyl adjacent to an activating group) is 1. The number of nitrogens with zero attached hydrogens (tertiary/aromatic N) is 1. The average Bonchev–Trinajstić information content (AvgIpc) is 2.36. The molecule has 1 amide bonds. The molecule has 1 rings (SSSR count). The molecule has 1 saturated carbocycles. The summed E-state index contributed by atoms with van der Waals surface area (Å²) in [4.78, 5) is 25.3. The lowest BCUT2D eigenvalue weighted by Crippen LogP contribution is -2.56. The number of carboxylic acids is 1. The third-order valence-corrected chi connectivity index (χ3v) is 4.35. The molecule has 0 aliphatic heterocycles. The van der Waals surface area contributed by atoms with Crippen molar-refractivity contribution in [1.29, 1.82) is 0 Å². The van der Waals surface area contributed by atoms with Crippen LogP contribution in [0.1, 0.15) is 58.8 Å². The summed E-state index contributed by atoms with van der Waals surface area (Å²) in [7, 11) is 1.72. The van der Waals surface area contributed by atoms with E-state index in [0.29, 0.717) is 12.3 Å². The smallest absolute Gasteiger partial charge is 0.305 e. The van der Waals surface area contributed by atoms with Gasteiger partial charge in [-0.15, -0.1) is 0 Å². The van der Waals surface area contributed by atoms with Crippen LogP contribution in [0, 0.1) is 5.92 Å². The van der Waals surface area contributed by atoms with Crippen molar-refractivity contribution in [2.75, 3.05) is 7.05 Å². The molecule has 0 aromatic heterocycles. The first-order valence-electron chi connectivity index (χ1n) is 7.53. The van der Waals surface area contributed by atoms with E-state index in [0.717, 1.165) is 32.1 Å². The van der Waals surface area contributed by atoms with Crippen molar-refractivity contribution in [3.05, 3.63) is 0 Å². The van der Waals surface area contributed by atoms with Crippen molar-refractivity contribution < 1.29 is 14.7 Å². The van der Waals surface area contributed by atoms with Crippen LogP contribution in [-0.4, -0.2) is 40.5 Å². The molecule has 1 atom stereocenters. The van der Waals surface area contributed by atoms with Gasteiger partial charge in [0.05, 0.1) is 18.0 Å². The molecular weight excluding hydrogens is 256 g/mol. The highest BCUT2D eigenvalue weighted by atomic mass is 16.4. The minimum Gasteiger partial charge on any atom is -0.481 e. The molecule has 116 valence electrons. The number of rotatable bonds is 6. The number of hydrogen-bond donors (Lipinski definition) is 2. The molecule has 1 aliphatic rings. The third-order valence-electron chi connectivity index (χ3n) is 4.35. The van der Waals surface area contributed by atoms with Crippen LogP contribution in [0.2, 0.25) is 0 Å². The number of carbonyl (C=O) groups is 2. The van der Waals surface area contributed by atoms with Gasteiger partial charge in [-0.3, -0.25) is 9.59 Å². The molecule has 1 unspecified atom stereocenters. The molecule has 0 radical (unpaired) electrons. The quantitative estimate of drug-likeness (QED) is 0.781. The first-order chi connectivity index (χ1) is 9.28. The SMILES string of the molecule is CC(C)CC(N)C(=O)N(C)C1(CC(=O)O)CCCCC1. The summed E-state index contributed by atoms with van der Waals surface area (Å²) in [6, 6.07) is -0.535. The fourth-order valence-electron chi connectivity index (χ4n) is 3.21. The monoisotopic (exact) mass is 284 g/mol. The Kier molecular flexibility index (Phi) is 5.99. The zero-order chi connectivity index (χ0) is 15.3. The van der Waals surface area contributed by atoms with Crippen molar-refractivity contribution in [2.45, 2.75) is 70.4 Å². The van der Waals surface area contributed by atoms with Gasteiger partial charge in [-0.1, -0.05) is 33.1 Å². The maximum Gasteiger partial charge on any atom is 0.305 e. The van der Waals surface area contributed by atoms with E-state index in [1.807, 2.05) is 13.8 Å². The van der Waals surface area contributed by atoms with Gasteiger partial charge in [-0.05, 0) is 25.2 Å². The Morgan fingerprint density at radius 1 is 1.25 bits per heavy atom. The van der Waals surface area contributed by atoms with Gasteiger partial charge >= 0.3 is 5.97 Å². The average molecular weight is 284 g/mol. The number of nitrogens with two attached hydrogens (primary N) is 1. The maximum absolute atomic E-state index is 12.5. The van der Waals surface area contributed by atoms with E-state index in [9.17, 15) is 14.7 Å². The summed E-state index contributed by atoms with van der Waals surface area (Å²) in [6.07, 6.45) is 5.23. The Hall–Kier alpha value is -1.10. The highest BCUT2D eigenvalue weighted by Gasteiger charge is 2.41. The fraction of sp³-hybridized carbons (Fsp3) is 0.867. The molecule has 20 heavy (non-hydrogen) atoms. The highest BCUT2D eigenvalue weighted by molar-refractivity contribution is 5.83. The zero-order valence-electron chi connectivity index (χ0n) is 12.9. The molecule has 5 heteroatoms. The van der Waals surface area contributed by atoms with E-state index < -0.39 is 17.6 Å². The maximum atomic E-state index is 12.5. The van der Waals surface area contributed by atoms with Crippen LogP contribution in [-0.2, 0) is 9.59 Å². The Morgan fingerprint density at radius 2 is 1.80 bits per heavy atom.